The fourth-order valence-corrected chi connectivity index (χ4v) is 3.84. The molecule has 0 radical (unpaired) electrons. The van der Waals surface area contributed by atoms with Crippen LogP contribution in [0.4, 0.5) is 10.1 Å². The number of nitro benzene ring substituents is 1. The highest BCUT2D eigenvalue weighted by atomic mass is 19.1. The van der Waals surface area contributed by atoms with Crippen LogP contribution in [-0.4, -0.2) is 48.0 Å². The number of carbonyl (C=O) groups excluding carboxylic acids is 1. The first-order valence-corrected chi connectivity index (χ1v) is 9.19. The molecule has 2 heterocycles. The zero-order valence-electron chi connectivity index (χ0n) is 14.7. The monoisotopic (exact) mass is 364 g/mol. The van der Waals surface area contributed by atoms with E-state index in [0.29, 0.717) is 24.6 Å². The first-order chi connectivity index (χ1) is 12.5. The van der Waals surface area contributed by atoms with Gasteiger partial charge in [-0.1, -0.05) is 0 Å². The van der Waals surface area contributed by atoms with Gasteiger partial charge in [0.15, 0.2) is 0 Å². The van der Waals surface area contributed by atoms with E-state index in [1.165, 1.54) is 12.1 Å². The molecule has 1 aromatic rings. The summed E-state index contributed by atoms with van der Waals surface area (Å²) < 4.78 is 13.5. The minimum atomic E-state index is -0.467. The summed E-state index contributed by atoms with van der Waals surface area (Å²) in [6.45, 7) is 3.41. The van der Waals surface area contributed by atoms with Crippen LogP contribution in [0.2, 0.25) is 0 Å². The normalized spacial score (nSPS) is 23.7. The van der Waals surface area contributed by atoms with Crippen molar-refractivity contribution in [2.45, 2.75) is 38.3 Å². The van der Waals surface area contributed by atoms with Gasteiger partial charge in [-0.2, -0.15) is 0 Å². The number of rotatable bonds is 6. The van der Waals surface area contributed by atoms with E-state index in [1.54, 1.807) is 0 Å². The highest BCUT2D eigenvalue weighted by Gasteiger charge is 2.26. The zero-order chi connectivity index (χ0) is 18.5. The highest BCUT2D eigenvalue weighted by Crippen LogP contribution is 2.24. The smallest absolute Gasteiger partial charge is 0.274 e. The van der Waals surface area contributed by atoms with Crippen LogP contribution in [0.1, 0.15) is 31.2 Å². The number of piperidine rings is 1. The molecular weight excluding hydrogens is 339 g/mol. The summed E-state index contributed by atoms with van der Waals surface area (Å²) in [4.78, 5) is 24.9. The Morgan fingerprint density at radius 3 is 2.96 bits per heavy atom. The molecule has 26 heavy (non-hydrogen) atoms. The average Bonchev–Trinajstić information content (AvgIpc) is 3.14. The number of nitrogens with one attached hydrogen (secondary N) is 2. The van der Waals surface area contributed by atoms with E-state index in [2.05, 4.69) is 15.5 Å². The molecule has 2 saturated heterocycles. The van der Waals surface area contributed by atoms with Crippen molar-refractivity contribution in [3.8, 4) is 0 Å². The van der Waals surface area contributed by atoms with Crippen LogP contribution in [0, 0.1) is 21.8 Å². The molecule has 2 unspecified atom stereocenters. The Hall–Kier alpha value is -2.06. The summed E-state index contributed by atoms with van der Waals surface area (Å²) in [6.07, 6.45) is 3.89. The third-order valence-electron chi connectivity index (χ3n) is 5.18. The zero-order valence-corrected chi connectivity index (χ0v) is 14.7. The topological polar surface area (TPSA) is 87.5 Å². The molecule has 2 aliphatic rings. The van der Waals surface area contributed by atoms with E-state index in [0.717, 1.165) is 51.4 Å². The number of benzene rings is 1. The molecule has 142 valence electrons. The molecule has 0 aromatic heterocycles. The molecule has 2 aliphatic heterocycles. The minimum absolute atomic E-state index is 0.0471. The fraction of sp³-hybridized carbons (Fsp3) is 0.611. The first kappa shape index (κ1) is 18.7. The third-order valence-corrected chi connectivity index (χ3v) is 5.18. The Kier molecular flexibility index (Phi) is 6.16. The van der Waals surface area contributed by atoms with Crippen molar-refractivity contribution >= 4 is 11.6 Å². The van der Waals surface area contributed by atoms with E-state index < -0.39 is 10.7 Å². The fourth-order valence-electron chi connectivity index (χ4n) is 3.84. The number of hydrogen-bond donors (Lipinski definition) is 2. The van der Waals surface area contributed by atoms with Crippen LogP contribution in [0.25, 0.3) is 0 Å². The number of halogens is 1. The minimum Gasteiger partial charge on any atom is -0.354 e. The summed E-state index contributed by atoms with van der Waals surface area (Å²) >= 11 is 0. The number of amides is 1. The number of nitrogens with zero attached hydrogens (tertiary/aromatic N) is 2. The molecule has 1 amide bonds. The largest absolute Gasteiger partial charge is 0.354 e. The van der Waals surface area contributed by atoms with Gasteiger partial charge in [-0.15, -0.1) is 0 Å². The second-order valence-electron chi connectivity index (χ2n) is 7.17. The molecule has 7 nitrogen and oxygen atoms in total. The lowest BCUT2D eigenvalue weighted by Gasteiger charge is -2.33. The summed E-state index contributed by atoms with van der Waals surface area (Å²) in [5, 5.41) is 17.4. The van der Waals surface area contributed by atoms with Crippen LogP contribution in [0.5, 0.6) is 0 Å². The molecular formula is C18H25FN4O3. The van der Waals surface area contributed by atoms with Gasteiger partial charge in [-0.25, -0.2) is 4.39 Å². The Bertz CT molecular complexity index is 664. The van der Waals surface area contributed by atoms with Gasteiger partial charge < -0.3 is 10.6 Å². The molecule has 1 aromatic carbocycles. The van der Waals surface area contributed by atoms with Gasteiger partial charge in [0.1, 0.15) is 5.82 Å². The van der Waals surface area contributed by atoms with Gasteiger partial charge >= 0.3 is 0 Å². The molecule has 0 bridgehead atoms. The molecule has 2 N–H and O–H groups in total. The number of carbonyl (C=O) groups is 1. The molecule has 8 heteroatoms. The van der Waals surface area contributed by atoms with Gasteiger partial charge in [0.25, 0.3) is 5.69 Å². The average molecular weight is 364 g/mol. The predicted octanol–water partition coefficient (Wildman–Crippen LogP) is 1.81. The van der Waals surface area contributed by atoms with E-state index >= 15 is 0 Å². The predicted molar refractivity (Wildman–Crippen MR) is 95.1 cm³/mol. The second kappa shape index (κ2) is 8.55. The van der Waals surface area contributed by atoms with Gasteiger partial charge in [0.2, 0.25) is 5.91 Å². The lowest BCUT2D eigenvalue weighted by Crippen LogP contribution is -2.45. The standard InChI is InChI=1S/C18H25FN4O3/c19-15-5-6-17(23(25)26)14(9-15)12-22-8-2-3-13(11-22)10-21-18(24)16-4-1-7-20-16/h5-6,9,13,16,20H,1-4,7-8,10-12H2,(H,21,24). The van der Waals surface area contributed by atoms with Crippen molar-refractivity contribution in [1.29, 1.82) is 0 Å². The lowest BCUT2D eigenvalue weighted by molar-refractivity contribution is -0.385. The van der Waals surface area contributed by atoms with Crippen molar-refractivity contribution in [2.75, 3.05) is 26.2 Å². The van der Waals surface area contributed by atoms with E-state index in [-0.39, 0.29) is 17.6 Å². The van der Waals surface area contributed by atoms with E-state index in [4.69, 9.17) is 0 Å². The van der Waals surface area contributed by atoms with Crippen LogP contribution >= 0.6 is 0 Å². The molecule has 2 atom stereocenters. The SMILES string of the molecule is O=C(NCC1CCCN(Cc2cc(F)ccc2[N+](=O)[O-])C1)C1CCCN1. The highest BCUT2D eigenvalue weighted by molar-refractivity contribution is 5.81. The van der Waals surface area contributed by atoms with Crippen molar-refractivity contribution in [3.63, 3.8) is 0 Å². The summed E-state index contributed by atoms with van der Waals surface area (Å²) in [7, 11) is 0. The Balaban J connectivity index is 1.54. The van der Waals surface area contributed by atoms with Crippen molar-refractivity contribution in [3.05, 3.63) is 39.7 Å². The van der Waals surface area contributed by atoms with Gasteiger partial charge in [0, 0.05) is 31.3 Å². The molecule has 2 fully saturated rings. The maximum absolute atomic E-state index is 13.5. The van der Waals surface area contributed by atoms with Crippen LogP contribution < -0.4 is 10.6 Å². The Labute approximate surface area is 152 Å². The summed E-state index contributed by atoms with van der Waals surface area (Å²) in [5.74, 6) is -0.0994. The maximum Gasteiger partial charge on any atom is 0.274 e. The second-order valence-corrected chi connectivity index (χ2v) is 7.17. The van der Waals surface area contributed by atoms with E-state index in [9.17, 15) is 19.3 Å². The third kappa shape index (κ3) is 4.76. The maximum atomic E-state index is 13.5. The lowest BCUT2D eigenvalue weighted by atomic mass is 9.97. The van der Waals surface area contributed by atoms with Crippen LogP contribution in [-0.2, 0) is 11.3 Å². The Morgan fingerprint density at radius 2 is 2.23 bits per heavy atom. The number of hydrogen-bond acceptors (Lipinski definition) is 5. The van der Waals surface area contributed by atoms with Gasteiger partial charge in [-0.05, 0) is 56.8 Å². The summed E-state index contributed by atoms with van der Waals surface area (Å²) in [5.41, 5.74) is 0.351. The Morgan fingerprint density at radius 1 is 1.38 bits per heavy atom. The van der Waals surface area contributed by atoms with Crippen molar-refractivity contribution in [2.24, 2.45) is 5.92 Å². The van der Waals surface area contributed by atoms with Gasteiger partial charge in [-0.3, -0.25) is 19.8 Å². The van der Waals surface area contributed by atoms with Crippen molar-refractivity contribution in [1.82, 2.24) is 15.5 Å². The first-order valence-electron chi connectivity index (χ1n) is 9.19. The number of nitro groups is 1. The number of likely N-dealkylation sites (tertiary alicyclic amines) is 1. The quantitative estimate of drug-likeness (QED) is 0.594. The molecule has 0 aliphatic carbocycles. The van der Waals surface area contributed by atoms with Gasteiger partial charge in [0.05, 0.1) is 11.0 Å². The molecule has 0 saturated carbocycles. The van der Waals surface area contributed by atoms with Crippen LogP contribution in [0.15, 0.2) is 18.2 Å². The van der Waals surface area contributed by atoms with E-state index in [1.807, 2.05) is 0 Å². The van der Waals surface area contributed by atoms with Crippen molar-refractivity contribution < 1.29 is 14.1 Å². The summed E-state index contributed by atoms with van der Waals surface area (Å²) in [6, 6.07) is 3.51. The van der Waals surface area contributed by atoms with Crippen LogP contribution in [0.3, 0.4) is 0 Å². The molecule has 0 spiro atoms. The molecule has 3 rings (SSSR count).